The maximum atomic E-state index is 13.2. The standard InChI is InChI=1S/C21H20N2O6S/c1-4-29-18-10-12(5-8-16(18)24)9-14-19(25)22-21(30)23(20(14)26)15-7-6-13(27-2)11-17(15)28-3/h5-11,24H,4H2,1-3H3,(H,22,25,30)/b14-9+. The summed E-state index contributed by atoms with van der Waals surface area (Å²) in [7, 11) is 2.97. The van der Waals surface area contributed by atoms with Crippen molar-refractivity contribution in [1.82, 2.24) is 5.32 Å². The number of hydrogen-bond donors (Lipinski definition) is 2. The molecule has 1 saturated heterocycles. The van der Waals surface area contributed by atoms with Crippen LogP contribution in [0.3, 0.4) is 0 Å². The van der Waals surface area contributed by atoms with Crippen molar-refractivity contribution in [2.75, 3.05) is 25.7 Å². The van der Waals surface area contributed by atoms with Gasteiger partial charge in [0.15, 0.2) is 16.6 Å². The number of thiocarbonyl (C=S) groups is 1. The Hall–Kier alpha value is -3.59. The summed E-state index contributed by atoms with van der Waals surface area (Å²) < 4.78 is 15.9. The molecule has 0 atom stereocenters. The summed E-state index contributed by atoms with van der Waals surface area (Å²) in [4.78, 5) is 26.9. The Kier molecular flexibility index (Phi) is 6.22. The summed E-state index contributed by atoms with van der Waals surface area (Å²) in [6.45, 7) is 2.13. The van der Waals surface area contributed by atoms with Gasteiger partial charge in [0.05, 0.1) is 26.5 Å². The highest BCUT2D eigenvalue weighted by atomic mass is 32.1. The highest BCUT2D eigenvalue weighted by molar-refractivity contribution is 7.80. The predicted octanol–water partition coefficient (Wildman–Crippen LogP) is 2.64. The lowest BCUT2D eigenvalue weighted by molar-refractivity contribution is -0.122. The number of nitrogens with one attached hydrogen (secondary N) is 1. The molecule has 1 heterocycles. The molecule has 2 aromatic rings. The summed E-state index contributed by atoms with van der Waals surface area (Å²) in [6, 6.07) is 9.41. The molecule has 0 spiro atoms. The largest absolute Gasteiger partial charge is 0.504 e. The van der Waals surface area contributed by atoms with Crippen molar-refractivity contribution in [2.24, 2.45) is 0 Å². The number of carbonyl (C=O) groups is 2. The normalized spacial score (nSPS) is 15.2. The zero-order chi connectivity index (χ0) is 21.8. The molecule has 3 rings (SSSR count). The lowest BCUT2D eigenvalue weighted by atomic mass is 10.1. The van der Waals surface area contributed by atoms with Crippen molar-refractivity contribution in [2.45, 2.75) is 6.92 Å². The molecule has 2 aromatic carbocycles. The number of carbonyl (C=O) groups excluding carboxylic acids is 2. The van der Waals surface area contributed by atoms with E-state index in [-0.39, 0.29) is 22.2 Å². The Morgan fingerprint density at radius 1 is 1.10 bits per heavy atom. The fraction of sp³-hybridized carbons (Fsp3) is 0.190. The van der Waals surface area contributed by atoms with Gasteiger partial charge in [-0.1, -0.05) is 6.07 Å². The summed E-state index contributed by atoms with van der Waals surface area (Å²) in [5.74, 6) is -0.135. The van der Waals surface area contributed by atoms with Crippen LogP contribution in [-0.2, 0) is 9.59 Å². The summed E-state index contributed by atoms with van der Waals surface area (Å²) in [5, 5.41) is 12.3. The van der Waals surface area contributed by atoms with Crippen LogP contribution in [0.5, 0.6) is 23.0 Å². The van der Waals surface area contributed by atoms with Crippen LogP contribution in [0.1, 0.15) is 12.5 Å². The van der Waals surface area contributed by atoms with Gasteiger partial charge in [-0.3, -0.25) is 14.9 Å². The highest BCUT2D eigenvalue weighted by Crippen LogP contribution is 2.35. The third-order valence-corrected chi connectivity index (χ3v) is 4.61. The molecule has 2 amide bonds. The molecule has 0 aliphatic carbocycles. The number of benzene rings is 2. The van der Waals surface area contributed by atoms with Gasteiger partial charge in [-0.15, -0.1) is 0 Å². The fourth-order valence-electron chi connectivity index (χ4n) is 2.90. The zero-order valence-corrected chi connectivity index (χ0v) is 17.4. The maximum absolute atomic E-state index is 13.2. The van der Waals surface area contributed by atoms with E-state index >= 15 is 0 Å². The minimum absolute atomic E-state index is 0.0378. The van der Waals surface area contributed by atoms with Gasteiger partial charge < -0.3 is 19.3 Å². The Balaban J connectivity index is 2.03. The Bertz CT molecular complexity index is 1050. The van der Waals surface area contributed by atoms with Crippen LogP contribution in [0.25, 0.3) is 6.08 Å². The van der Waals surface area contributed by atoms with E-state index in [0.717, 1.165) is 0 Å². The van der Waals surface area contributed by atoms with Crippen molar-refractivity contribution in [1.29, 1.82) is 0 Å². The number of amides is 2. The van der Waals surface area contributed by atoms with E-state index in [4.69, 9.17) is 26.4 Å². The van der Waals surface area contributed by atoms with Crippen molar-refractivity contribution >= 4 is 40.9 Å². The average Bonchev–Trinajstić information content (AvgIpc) is 2.73. The first kappa shape index (κ1) is 21.1. The fourth-order valence-corrected chi connectivity index (χ4v) is 3.18. The number of hydrogen-bond acceptors (Lipinski definition) is 7. The van der Waals surface area contributed by atoms with E-state index in [1.165, 1.54) is 37.3 Å². The molecule has 30 heavy (non-hydrogen) atoms. The number of rotatable bonds is 6. The molecule has 156 valence electrons. The molecular formula is C21H20N2O6S. The summed E-state index contributed by atoms with van der Waals surface area (Å²) in [6.07, 6.45) is 1.41. The third kappa shape index (κ3) is 4.06. The number of nitrogens with zero attached hydrogens (tertiary/aromatic N) is 1. The zero-order valence-electron chi connectivity index (χ0n) is 16.6. The Morgan fingerprint density at radius 2 is 1.87 bits per heavy atom. The van der Waals surface area contributed by atoms with Crippen molar-refractivity contribution < 1.29 is 28.9 Å². The van der Waals surface area contributed by atoms with E-state index in [9.17, 15) is 14.7 Å². The Morgan fingerprint density at radius 3 is 2.53 bits per heavy atom. The van der Waals surface area contributed by atoms with Crippen LogP contribution in [-0.4, -0.2) is 42.9 Å². The van der Waals surface area contributed by atoms with Gasteiger partial charge in [-0.05, 0) is 55.0 Å². The first-order valence-corrected chi connectivity index (χ1v) is 9.39. The molecule has 0 bridgehead atoms. The van der Waals surface area contributed by atoms with E-state index in [2.05, 4.69) is 5.32 Å². The molecule has 2 N–H and O–H groups in total. The minimum Gasteiger partial charge on any atom is -0.504 e. The maximum Gasteiger partial charge on any atom is 0.270 e. The van der Waals surface area contributed by atoms with E-state index in [1.807, 2.05) is 0 Å². The topological polar surface area (TPSA) is 97.3 Å². The van der Waals surface area contributed by atoms with Gasteiger partial charge in [0.25, 0.3) is 11.8 Å². The van der Waals surface area contributed by atoms with Crippen molar-refractivity contribution in [3.8, 4) is 23.0 Å². The van der Waals surface area contributed by atoms with Gasteiger partial charge >= 0.3 is 0 Å². The van der Waals surface area contributed by atoms with E-state index < -0.39 is 11.8 Å². The first-order valence-electron chi connectivity index (χ1n) is 8.98. The molecule has 0 saturated carbocycles. The van der Waals surface area contributed by atoms with Gasteiger partial charge in [0.1, 0.15) is 17.1 Å². The highest BCUT2D eigenvalue weighted by Gasteiger charge is 2.36. The van der Waals surface area contributed by atoms with Crippen LogP contribution < -0.4 is 24.4 Å². The molecule has 0 unspecified atom stereocenters. The van der Waals surface area contributed by atoms with Crippen LogP contribution in [0.15, 0.2) is 42.0 Å². The monoisotopic (exact) mass is 428 g/mol. The predicted molar refractivity (Wildman–Crippen MR) is 115 cm³/mol. The number of methoxy groups -OCH3 is 2. The summed E-state index contributed by atoms with van der Waals surface area (Å²) >= 11 is 5.23. The summed E-state index contributed by atoms with van der Waals surface area (Å²) in [5.41, 5.74) is 0.735. The third-order valence-electron chi connectivity index (χ3n) is 4.32. The Labute approximate surface area is 178 Å². The van der Waals surface area contributed by atoms with Gasteiger partial charge in [-0.2, -0.15) is 0 Å². The number of phenols is 1. The number of ether oxygens (including phenoxy) is 3. The molecule has 1 aliphatic rings. The molecule has 9 heteroatoms. The number of aromatic hydroxyl groups is 1. The van der Waals surface area contributed by atoms with Crippen LogP contribution >= 0.6 is 12.2 Å². The van der Waals surface area contributed by atoms with E-state index in [0.29, 0.717) is 29.4 Å². The molecule has 8 nitrogen and oxygen atoms in total. The van der Waals surface area contributed by atoms with Crippen LogP contribution in [0, 0.1) is 0 Å². The molecule has 0 radical (unpaired) electrons. The van der Waals surface area contributed by atoms with Crippen LogP contribution in [0.2, 0.25) is 0 Å². The van der Waals surface area contributed by atoms with E-state index in [1.54, 1.807) is 31.2 Å². The second-order valence-corrected chi connectivity index (χ2v) is 6.54. The second-order valence-electron chi connectivity index (χ2n) is 6.16. The van der Waals surface area contributed by atoms with Crippen LogP contribution in [0.4, 0.5) is 5.69 Å². The molecular weight excluding hydrogens is 408 g/mol. The quantitative estimate of drug-likeness (QED) is 0.415. The van der Waals surface area contributed by atoms with Gasteiger partial charge in [0.2, 0.25) is 0 Å². The average molecular weight is 428 g/mol. The number of anilines is 1. The number of phenolic OH excluding ortho intramolecular Hbond substituents is 1. The van der Waals surface area contributed by atoms with Gasteiger partial charge in [0, 0.05) is 6.07 Å². The minimum atomic E-state index is -0.625. The lowest BCUT2D eigenvalue weighted by Gasteiger charge is -2.30. The molecule has 0 aromatic heterocycles. The molecule has 1 aliphatic heterocycles. The smallest absolute Gasteiger partial charge is 0.270 e. The SMILES string of the molecule is CCOc1cc(/C=C2\C(=O)NC(=S)N(c3ccc(OC)cc3OC)C2=O)ccc1O. The second kappa shape index (κ2) is 8.83. The molecule has 1 fully saturated rings. The lowest BCUT2D eigenvalue weighted by Crippen LogP contribution is -2.54. The first-order chi connectivity index (χ1) is 14.4. The van der Waals surface area contributed by atoms with Gasteiger partial charge in [-0.25, -0.2) is 4.90 Å². The van der Waals surface area contributed by atoms with Crippen molar-refractivity contribution in [3.05, 3.63) is 47.5 Å². The van der Waals surface area contributed by atoms with Crippen molar-refractivity contribution in [3.63, 3.8) is 0 Å².